The van der Waals surface area contributed by atoms with Gasteiger partial charge in [0.15, 0.2) is 11.5 Å². The third-order valence-corrected chi connectivity index (χ3v) is 4.23. The van der Waals surface area contributed by atoms with Crippen molar-refractivity contribution in [2.75, 3.05) is 20.8 Å². The van der Waals surface area contributed by atoms with Gasteiger partial charge in [-0.05, 0) is 42.7 Å². The van der Waals surface area contributed by atoms with Crippen LogP contribution in [0.4, 0.5) is 0 Å². The van der Waals surface area contributed by atoms with Gasteiger partial charge in [-0.15, -0.1) is 0 Å². The first-order chi connectivity index (χ1) is 11.2. The molecule has 5 nitrogen and oxygen atoms in total. The Morgan fingerprint density at radius 2 is 1.87 bits per heavy atom. The summed E-state index contributed by atoms with van der Waals surface area (Å²) in [5.41, 5.74) is 1.75. The molecule has 1 fully saturated rings. The summed E-state index contributed by atoms with van der Waals surface area (Å²) in [6, 6.07) is 9.43. The molecular formula is C18H20N2O3. The van der Waals surface area contributed by atoms with Gasteiger partial charge in [0.1, 0.15) is 0 Å². The van der Waals surface area contributed by atoms with E-state index in [1.807, 2.05) is 23.1 Å². The van der Waals surface area contributed by atoms with Crippen LogP contribution in [0.5, 0.6) is 11.5 Å². The lowest BCUT2D eigenvalue weighted by Crippen LogP contribution is -2.30. The van der Waals surface area contributed by atoms with Crippen LogP contribution in [0.25, 0.3) is 0 Å². The van der Waals surface area contributed by atoms with Gasteiger partial charge in [0.25, 0.3) is 5.91 Å². The van der Waals surface area contributed by atoms with Crippen LogP contribution >= 0.6 is 0 Å². The summed E-state index contributed by atoms with van der Waals surface area (Å²) in [5, 5.41) is 0. The van der Waals surface area contributed by atoms with E-state index in [2.05, 4.69) is 4.98 Å². The molecule has 0 N–H and O–H groups in total. The number of hydrogen-bond donors (Lipinski definition) is 0. The number of methoxy groups -OCH3 is 2. The standard InChI is InChI=1S/C18H20N2O3/c1-22-16-6-5-14(12-17(16)23-2)15-4-3-11-20(15)18(21)13-7-9-19-10-8-13/h5-10,12,15H,3-4,11H2,1-2H3/t15-/m1/s1. The summed E-state index contributed by atoms with van der Waals surface area (Å²) in [6.45, 7) is 0.764. The van der Waals surface area contributed by atoms with Gasteiger partial charge in [0.2, 0.25) is 0 Å². The molecule has 1 atom stereocenters. The van der Waals surface area contributed by atoms with E-state index in [4.69, 9.17) is 9.47 Å². The number of hydrogen-bond acceptors (Lipinski definition) is 4. The molecule has 3 rings (SSSR count). The molecule has 5 heteroatoms. The van der Waals surface area contributed by atoms with E-state index in [-0.39, 0.29) is 11.9 Å². The molecule has 1 amide bonds. The third kappa shape index (κ3) is 2.99. The molecule has 1 saturated heterocycles. The number of ether oxygens (including phenoxy) is 2. The first-order valence-electron chi connectivity index (χ1n) is 7.67. The van der Waals surface area contributed by atoms with Gasteiger partial charge in [0.05, 0.1) is 20.3 Å². The van der Waals surface area contributed by atoms with E-state index in [1.165, 1.54) is 0 Å². The number of carbonyl (C=O) groups is 1. The molecule has 1 aliphatic heterocycles. The van der Waals surface area contributed by atoms with Crippen molar-refractivity contribution in [1.82, 2.24) is 9.88 Å². The lowest BCUT2D eigenvalue weighted by molar-refractivity contribution is 0.0735. The molecular weight excluding hydrogens is 292 g/mol. The average molecular weight is 312 g/mol. The topological polar surface area (TPSA) is 51.7 Å². The summed E-state index contributed by atoms with van der Waals surface area (Å²) in [6.07, 6.45) is 5.24. The van der Waals surface area contributed by atoms with Gasteiger partial charge in [-0.2, -0.15) is 0 Å². The SMILES string of the molecule is COc1ccc([C@H]2CCCN2C(=O)c2ccncc2)cc1OC. The highest BCUT2D eigenvalue weighted by molar-refractivity contribution is 5.94. The Kier molecular flexibility index (Phi) is 4.46. The minimum Gasteiger partial charge on any atom is -0.493 e. The van der Waals surface area contributed by atoms with Crippen LogP contribution in [0.2, 0.25) is 0 Å². The monoisotopic (exact) mass is 312 g/mol. The Hall–Kier alpha value is -2.56. The largest absolute Gasteiger partial charge is 0.493 e. The number of benzene rings is 1. The van der Waals surface area contributed by atoms with E-state index in [0.717, 1.165) is 24.9 Å². The molecule has 0 spiro atoms. The highest BCUT2D eigenvalue weighted by Gasteiger charge is 2.31. The smallest absolute Gasteiger partial charge is 0.254 e. The minimum atomic E-state index is 0.0460. The highest BCUT2D eigenvalue weighted by atomic mass is 16.5. The Morgan fingerprint density at radius 1 is 1.13 bits per heavy atom. The van der Waals surface area contributed by atoms with E-state index in [0.29, 0.717) is 17.1 Å². The van der Waals surface area contributed by atoms with Crippen molar-refractivity contribution in [3.8, 4) is 11.5 Å². The van der Waals surface area contributed by atoms with Gasteiger partial charge in [-0.1, -0.05) is 6.07 Å². The summed E-state index contributed by atoms with van der Waals surface area (Å²) >= 11 is 0. The second-order valence-electron chi connectivity index (χ2n) is 5.51. The number of aromatic nitrogens is 1. The predicted octanol–water partition coefficient (Wildman–Crippen LogP) is 3.08. The van der Waals surface area contributed by atoms with Crippen LogP contribution < -0.4 is 9.47 Å². The van der Waals surface area contributed by atoms with Crippen molar-refractivity contribution in [3.05, 3.63) is 53.9 Å². The quantitative estimate of drug-likeness (QED) is 0.870. The number of likely N-dealkylation sites (tertiary alicyclic amines) is 1. The van der Waals surface area contributed by atoms with Crippen LogP contribution in [0.15, 0.2) is 42.7 Å². The molecule has 0 radical (unpaired) electrons. The number of nitrogens with zero attached hydrogens (tertiary/aromatic N) is 2. The van der Waals surface area contributed by atoms with Gasteiger partial charge < -0.3 is 14.4 Å². The molecule has 0 saturated carbocycles. The van der Waals surface area contributed by atoms with Crippen molar-refractivity contribution >= 4 is 5.91 Å². The average Bonchev–Trinajstić information content (AvgIpc) is 3.10. The number of carbonyl (C=O) groups excluding carboxylic acids is 1. The van der Waals surface area contributed by atoms with Crippen molar-refractivity contribution in [3.63, 3.8) is 0 Å². The summed E-state index contributed by atoms with van der Waals surface area (Å²) in [5.74, 6) is 1.43. The summed E-state index contributed by atoms with van der Waals surface area (Å²) in [7, 11) is 3.24. The normalized spacial score (nSPS) is 17.1. The third-order valence-electron chi connectivity index (χ3n) is 4.23. The minimum absolute atomic E-state index is 0.0460. The first kappa shape index (κ1) is 15.3. The number of rotatable bonds is 4. The van der Waals surface area contributed by atoms with Crippen molar-refractivity contribution < 1.29 is 14.3 Å². The second kappa shape index (κ2) is 6.69. The lowest BCUT2D eigenvalue weighted by Gasteiger charge is -2.25. The fraction of sp³-hybridized carbons (Fsp3) is 0.333. The Morgan fingerprint density at radius 3 is 2.57 bits per heavy atom. The van der Waals surface area contributed by atoms with Gasteiger partial charge in [-0.3, -0.25) is 9.78 Å². The fourth-order valence-electron chi connectivity index (χ4n) is 3.08. The van der Waals surface area contributed by atoms with Crippen molar-refractivity contribution in [1.29, 1.82) is 0 Å². The molecule has 23 heavy (non-hydrogen) atoms. The zero-order valence-electron chi connectivity index (χ0n) is 13.4. The maximum atomic E-state index is 12.8. The van der Waals surface area contributed by atoms with Crippen molar-refractivity contribution in [2.24, 2.45) is 0 Å². The summed E-state index contributed by atoms with van der Waals surface area (Å²) in [4.78, 5) is 18.6. The molecule has 0 bridgehead atoms. The molecule has 2 heterocycles. The predicted molar refractivity (Wildman–Crippen MR) is 86.8 cm³/mol. The maximum absolute atomic E-state index is 12.8. The van der Waals surface area contributed by atoms with Crippen LogP contribution in [-0.2, 0) is 0 Å². The van der Waals surface area contributed by atoms with Crippen LogP contribution in [-0.4, -0.2) is 36.6 Å². The molecule has 120 valence electrons. The van der Waals surface area contributed by atoms with E-state index >= 15 is 0 Å². The van der Waals surface area contributed by atoms with E-state index in [9.17, 15) is 4.79 Å². The summed E-state index contributed by atoms with van der Waals surface area (Å²) < 4.78 is 10.7. The fourth-order valence-corrected chi connectivity index (χ4v) is 3.08. The molecule has 0 unspecified atom stereocenters. The van der Waals surface area contributed by atoms with Gasteiger partial charge >= 0.3 is 0 Å². The van der Waals surface area contributed by atoms with Crippen LogP contribution in [0, 0.1) is 0 Å². The molecule has 0 aliphatic carbocycles. The number of amides is 1. The molecule has 1 aliphatic rings. The van der Waals surface area contributed by atoms with Crippen LogP contribution in [0.3, 0.4) is 0 Å². The van der Waals surface area contributed by atoms with E-state index in [1.54, 1.807) is 38.7 Å². The maximum Gasteiger partial charge on any atom is 0.254 e. The first-order valence-corrected chi connectivity index (χ1v) is 7.67. The van der Waals surface area contributed by atoms with E-state index < -0.39 is 0 Å². The second-order valence-corrected chi connectivity index (χ2v) is 5.51. The molecule has 1 aromatic carbocycles. The zero-order chi connectivity index (χ0) is 16.2. The Labute approximate surface area is 135 Å². The van der Waals surface area contributed by atoms with Gasteiger partial charge in [-0.25, -0.2) is 0 Å². The lowest BCUT2D eigenvalue weighted by atomic mass is 10.0. The Balaban J connectivity index is 1.88. The molecule has 2 aromatic rings. The van der Waals surface area contributed by atoms with Crippen LogP contribution in [0.1, 0.15) is 34.8 Å². The Bertz CT molecular complexity index is 688. The van der Waals surface area contributed by atoms with Gasteiger partial charge in [0, 0.05) is 24.5 Å². The van der Waals surface area contributed by atoms with Crippen molar-refractivity contribution in [2.45, 2.75) is 18.9 Å². The highest BCUT2D eigenvalue weighted by Crippen LogP contribution is 2.37. The number of pyridine rings is 1. The zero-order valence-corrected chi connectivity index (χ0v) is 13.4. The molecule has 1 aromatic heterocycles.